The number of rotatable bonds is 7. The molecule has 3 atom stereocenters. The van der Waals surface area contributed by atoms with Crippen molar-refractivity contribution in [2.24, 2.45) is 27.6 Å². The topological polar surface area (TPSA) is 54.0 Å². The first-order valence-corrected chi connectivity index (χ1v) is 9.72. The molecule has 0 bridgehead atoms. The van der Waals surface area contributed by atoms with Crippen molar-refractivity contribution in [1.29, 1.82) is 0 Å². The summed E-state index contributed by atoms with van der Waals surface area (Å²) in [5.74, 6) is 0.803. The normalized spacial score (nSPS) is 23.4. The maximum atomic E-state index is 13.2. The van der Waals surface area contributed by atoms with E-state index < -0.39 is 12.3 Å². The smallest absolute Gasteiger partial charge is 0.245 e. The summed E-state index contributed by atoms with van der Waals surface area (Å²) in [4.78, 5) is 10.5. The highest BCUT2D eigenvalue weighted by Gasteiger charge is 2.39. The Morgan fingerprint density at radius 3 is 2.82 bits per heavy atom. The van der Waals surface area contributed by atoms with Crippen LogP contribution in [0.2, 0.25) is 0 Å². The third-order valence-electron chi connectivity index (χ3n) is 5.68. The van der Waals surface area contributed by atoms with Gasteiger partial charge >= 0.3 is 0 Å². The van der Waals surface area contributed by atoms with Gasteiger partial charge in [-0.05, 0) is 43.2 Å². The van der Waals surface area contributed by atoms with Crippen LogP contribution in [0.3, 0.4) is 0 Å². The van der Waals surface area contributed by atoms with Crippen molar-refractivity contribution in [1.82, 2.24) is 4.90 Å². The van der Waals surface area contributed by atoms with Crippen LogP contribution >= 0.6 is 0 Å². The van der Waals surface area contributed by atoms with Gasteiger partial charge in [0.1, 0.15) is 5.84 Å². The highest BCUT2D eigenvalue weighted by atomic mass is 19.3. The zero-order valence-corrected chi connectivity index (χ0v) is 16.7. The molecule has 1 aromatic carbocycles. The van der Waals surface area contributed by atoms with E-state index in [0.717, 1.165) is 35.4 Å². The SMILES string of the molecule is C=N/C=C(/c1cc(C(C)C(F)F)ccc1C)N1C=C(C2CC2CC)N=C(N)C1. The van der Waals surface area contributed by atoms with Gasteiger partial charge in [0.2, 0.25) is 6.43 Å². The molecule has 6 heteroatoms. The van der Waals surface area contributed by atoms with Crippen molar-refractivity contribution in [2.45, 2.75) is 46.0 Å². The highest BCUT2D eigenvalue weighted by Crippen LogP contribution is 2.47. The van der Waals surface area contributed by atoms with Crippen LogP contribution in [0.5, 0.6) is 0 Å². The second-order valence-electron chi connectivity index (χ2n) is 7.69. The molecule has 0 saturated heterocycles. The van der Waals surface area contributed by atoms with Crippen LogP contribution in [-0.2, 0) is 0 Å². The van der Waals surface area contributed by atoms with Crippen molar-refractivity contribution >= 4 is 18.3 Å². The number of alkyl halides is 2. The quantitative estimate of drug-likeness (QED) is 0.676. The van der Waals surface area contributed by atoms with E-state index in [4.69, 9.17) is 5.73 Å². The number of allylic oxidation sites excluding steroid dienone is 1. The van der Waals surface area contributed by atoms with E-state index >= 15 is 0 Å². The second kappa shape index (κ2) is 8.25. The minimum atomic E-state index is -2.41. The van der Waals surface area contributed by atoms with Gasteiger partial charge < -0.3 is 10.6 Å². The van der Waals surface area contributed by atoms with Crippen LogP contribution in [0.15, 0.2) is 46.3 Å². The molecule has 0 radical (unpaired) electrons. The Morgan fingerprint density at radius 2 is 2.21 bits per heavy atom. The number of hydrogen-bond acceptors (Lipinski definition) is 4. The van der Waals surface area contributed by atoms with E-state index in [0.29, 0.717) is 29.8 Å². The Kier molecular flexibility index (Phi) is 5.96. The summed E-state index contributed by atoms with van der Waals surface area (Å²) in [7, 11) is 0. The van der Waals surface area contributed by atoms with Crippen LogP contribution in [0.25, 0.3) is 5.70 Å². The first kappa shape index (κ1) is 20.2. The first-order chi connectivity index (χ1) is 13.3. The van der Waals surface area contributed by atoms with E-state index in [-0.39, 0.29) is 0 Å². The molecule has 2 aliphatic rings. The van der Waals surface area contributed by atoms with Crippen molar-refractivity contribution < 1.29 is 8.78 Å². The van der Waals surface area contributed by atoms with Gasteiger partial charge in [-0.25, -0.2) is 13.8 Å². The average molecular weight is 386 g/mol. The molecule has 0 amide bonds. The first-order valence-electron chi connectivity index (χ1n) is 9.72. The minimum Gasteiger partial charge on any atom is -0.386 e. The zero-order valence-electron chi connectivity index (χ0n) is 16.7. The van der Waals surface area contributed by atoms with Crippen LogP contribution in [0.1, 0.15) is 49.3 Å². The van der Waals surface area contributed by atoms with Gasteiger partial charge in [0.25, 0.3) is 0 Å². The maximum Gasteiger partial charge on any atom is 0.245 e. The van der Waals surface area contributed by atoms with Crippen LogP contribution in [0, 0.1) is 18.8 Å². The van der Waals surface area contributed by atoms with Crippen LogP contribution < -0.4 is 5.73 Å². The molecule has 28 heavy (non-hydrogen) atoms. The van der Waals surface area contributed by atoms with Gasteiger partial charge in [-0.1, -0.05) is 32.4 Å². The van der Waals surface area contributed by atoms with Gasteiger partial charge in [-0.2, -0.15) is 0 Å². The van der Waals surface area contributed by atoms with E-state index in [2.05, 4.69) is 23.6 Å². The van der Waals surface area contributed by atoms with E-state index in [9.17, 15) is 8.78 Å². The minimum absolute atomic E-state index is 0.433. The molecule has 3 unspecified atom stereocenters. The fraction of sp³-hybridized carbons (Fsp3) is 0.455. The Labute approximate surface area is 165 Å². The molecule has 0 spiro atoms. The van der Waals surface area contributed by atoms with E-state index in [1.54, 1.807) is 12.3 Å². The molecule has 1 heterocycles. The lowest BCUT2D eigenvalue weighted by atomic mass is 9.95. The largest absolute Gasteiger partial charge is 0.386 e. The lowest BCUT2D eigenvalue weighted by molar-refractivity contribution is 0.121. The number of halogens is 2. The van der Waals surface area contributed by atoms with E-state index in [1.165, 1.54) is 6.92 Å². The fourth-order valence-electron chi connectivity index (χ4n) is 3.73. The summed E-state index contributed by atoms with van der Waals surface area (Å²) in [5, 5.41) is 0. The lowest BCUT2D eigenvalue weighted by Crippen LogP contribution is -2.33. The number of benzene rings is 1. The average Bonchev–Trinajstić information content (AvgIpc) is 3.45. The van der Waals surface area contributed by atoms with Crippen molar-refractivity contribution in [3.8, 4) is 0 Å². The Balaban J connectivity index is 1.98. The van der Waals surface area contributed by atoms with Gasteiger partial charge in [-0.3, -0.25) is 4.99 Å². The fourth-order valence-corrected chi connectivity index (χ4v) is 3.73. The molecule has 1 aliphatic carbocycles. The molecule has 0 aromatic heterocycles. The number of aryl methyl sites for hydroxylation is 1. The maximum absolute atomic E-state index is 13.2. The molecular weight excluding hydrogens is 358 g/mol. The molecule has 4 nitrogen and oxygen atoms in total. The monoisotopic (exact) mass is 386 g/mol. The Bertz CT molecular complexity index is 841. The molecule has 1 aromatic rings. The highest BCUT2D eigenvalue weighted by molar-refractivity contribution is 5.86. The van der Waals surface area contributed by atoms with Crippen molar-refractivity contribution in [3.05, 3.63) is 53.0 Å². The standard InChI is InChI=1S/C22H28F2N4/c1-5-15-8-18(15)19-11-28(12-21(25)27-19)20(10-26-4)17-9-16(7-6-13(17)2)14(3)22(23)24/h6-7,9-11,14-15,18,22H,4-5,8,12H2,1-3H3,(H2,25,27)/b20-10-. The third kappa shape index (κ3) is 4.16. The Hall–Kier alpha value is -2.50. The van der Waals surface area contributed by atoms with E-state index in [1.807, 2.05) is 30.2 Å². The van der Waals surface area contributed by atoms with Crippen molar-refractivity contribution in [2.75, 3.05) is 6.54 Å². The molecular formula is C22H28F2N4. The number of hydrogen-bond donors (Lipinski definition) is 1. The van der Waals surface area contributed by atoms with Crippen LogP contribution in [-0.4, -0.2) is 30.4 Å². The van der Waals surface area contributed by atoms with Gasteiger partial charge in [-0.15, -0.1) is 0 Å². The Morgan fingerprint density at radius 1 is 1.46 bits per heavy atom. The third-order valence-corrected chi connectivity index (χ3v) is 5.68. The summed E-state index contributed by atoms with van der Waals surface area (Å²) in [6.45, 7) is 9.71. The zero-order chi connectivity index (χ0) is 20.4. The summed E-state index contributed by atoms with van der Waals surface area (Å²) in [5.41, 5.74) is 10.3. The molecule has 1 aliphatic heterocycles. The summed E-state index contributed by atoms with van der Waals surface area (Å²) in [6, 6.07) is 5.46. The lowest BCUT2D eigenvalue weighted by Gasteiger charge is -2.28. The van der Waals surface area contributed by atoms with Crippen LogP contribution in [0.4, 0.5) is 8.78 Å². The van der Waals surface area contributed by atoms with Crippen molar-refractivity contribution in [3.63, 3.8) is 0 Å². The van der Waals surface area contributed by atoms with Gasteiger partial charge in [0.15, 0.2) is 0 Å². The molecule has 150 valence electrons. The second-order valence-corrected chi connectivity index (χ2v) is 7.69. The molecule has 1 saturated carbocycles. The summed E-state index contributed by atoms with van der Waals surface area (Å²) < 4.78 is 26.4. The summed E-state index contributed by atoms with van der Waals surface area (Å²) >= 11 is 0. The predicted molar refractivity (Wildman–Crippen MR) is 111 cm³/mol. The number of nitrogens with zero attached hydrogens (tertiary/aromatic N) is 3. The number of aliphatic imine (C=N–C) groups is 2. The molecule has 3 rings (SSSR count). The van der Waals surface area contributed by atoms with Gasteiger partial charge in [0, 0.05) is 23.6 Å². The number of amidine groups is 1. The number of nitrogens with two attached hydrogens (primary N) is 1. The molecule has 2 N–H and O–H groups in total. The summed E-state index contributed by atoms with van der Waals surface area (Å²) in [6.07, 6.45) is 3.53. The van der Waals surface area contributed by atoms with Gasteiger partial charge in [0.05, 0.1) is 24.1 Å². The predicted octanol–water partition coefficient (Wildman–Crippen LogP) is 4.92. The molecule has 1 fully saturated rings.